The van der Waals surface area contributed by atoms with Gasteiger partial charge in [-0.05, 0) is 42.0 Å². The normalized spacial score (nSPS) is 11.1. The smallest absolute Gasteiger partial charge is 0.191 e. The summed E-state index contributed by atoms with van der Waals surface area (Å²) < 4.78 is 1.93. The van der Waals surface area contributed by atoms with Gasteiger partial charge >= 0.3 is 0 Å². The summed E-state index contributed by atoms with van der Waals surface area (Å²) in [6, 6.07) is 14.7. The summed E-state index contributed by atoms with van der Waals surface area (Å²) >= 11 is 1.79. The van der Waals surface area contributed by atoms with E-state index < -0.39 is 0 Å². The Bertz CT molecular complexity index is 800. The number of aliphatic imine (C=N–C) groups is 1. The molecule has 27 heavy (non-hydrogen) atoms. The number of aromatic nitrogens is 2. The van der Waals surface area contributed by atoms with E-state index in [9.17, 15) is 0 Å². The molecule has 144 valence electrons. The molecule has 0 spiro atoms. The average molecular weight is 495 g/mol. The van der Waals surface area contributed by atoms with Crippen LogP contribution >= 0.6 is 35.3 Å². The van der Waals surface area contributed by atoms with Gasteiger partial charge in [-0.2, -0.15) is 5.10 Å². The molecule has 0 aliphatic heterocycles. The molecular formula is C20H26IN5S. The van der Waals surface area contributed by atoms with Crippen LogP contribution in [-0.2, 0) is 19.5 Å². The molecule has 2 heterocycles. The van der Waals surface area contributed by atoms with Gasteiger partial charge in [-0.25, -0.2) is 4.99 Å². The molecule has 3 rings (SSSR count). The molecule has 2 aromatic heterocycles. The molecule has 0 bridgehead atoms. The maximum absolute atomic E-state index is 4.72. The second-order valence-electron chi connectivity index (χ2n) is 5.97. The number of nitrogens with one attached hydrogen (secondary N) is 2. The fraction of sp³-hybridized carbons (Fsp3) is 0.300. The minimum atomic E-state index is 0. The number of thiophene rings is 1. The van der Waals surface area contributed by atoms with Gasteiger partial charge in [0.25, 0.3) is 0 Å². The minimum Gasteiger partial charge on any atom is -0.357 e. The zero-order valence-corrected chi connectivity index (χ0v) is 18.6. The first-order valence-corrected chi connectivity index (χ1v) is 9.81. The van der Waals surface area contributed by atoms with Crippen molar-refractivity contribution in [2.45, 2.75) is 26.4 Å². The van der Waals surface area contributed by atoms with Crippen molar-refractivity contribution in [3.63, 3.8) is 0 Å². The Morgan fingerprint density at radius 3 is 2.78 bits per heavy atom. The number of hydrogen-bond donors (Lipinski definition) is 2. The molecule has 0 aliphatic rings. The van der Waals surface area contributed by atoms with E-state index in [1.807, 2.05) is 16.9 Å². The lowest BCUT2D eigenvalue weighted by Gasteiger charge is -2.11. The van der Waals surface area contributed by atoms with Crippen molar-refractivity contribution in [3.8, 4) is 0 Å². The lowest BCUT2D eigenvalue weighted by molar-refractivity contribution is 0.686. The van der Waals surface area contributed by atoms with E-state index in [2.05, 4.69) is 64.4 Å². The molecule has 0 amide bonds. The highest BCUT2D eigenvalue weighted by Gasteiger charge is 2.01. The van der Waals surface area contributed by atoms with Crippen molar-refractivity contribution >= 4 is 41.3 Å². The van der Waals surface area contributed by atoms with Crippen LogP contribution in [0.4, 0.5) is 0 Å². The van der Waals surface area contributed by atoms with E-state index in [1.54, 1.807) is 17.5 Å². The van der Waals surface area contributed by atoms with E-state index >= 15 is 0 Å². The van der Waals surface area contributed by atoms with Crippen molar-refractivity contribution in [2.75, 3.05) is 13.1 Å². The summed E-state index contributed by atoms with van der Waals surface area (Å²) in [5.41, 5.74) is 2.43. The Hall–Kier alpha value is -1.87. The van der Waals surface area contributed by atoms with Gasteiger partial charge in [0.2, 0.25) is 0 Å². The molecule has 1 aromatic carbocycles. The highest BCUT2D eigenvalue weighted by atomic mass is 127. The van der Waals surface area contributed by atoms with E-state index in [0.29, 0.717) is 6.54 Å². The minimum absolute atomic E-state index is 0. The lowest BCUT2D eigenvalue weighted by atomic mass is 10.1. The topological polar surface area (TPSA) is 54.2 Å². The second kappa shape index (κ2) is 11.8. The third-order valence-corrected chi connectivity index (χ3v) is 4.84. The van der Waals surface area contributed by atoms with Gasteiger partial charge in [0.1, 0.15) is 0 Å². The zero-order valence-electron chi connectivity index (χ0n) is 15.5. The molecule has 0 fully saturated rings. The Kier molecular flexibility index (Phi) is 9.34. The Morgan fingerprint density at radius 2 is 2.04 bits per heavy atom. The third kappa shape index (κ3) is 7.34. The van der Waals surface area contributed by atoms with E-state index in [-0.39, 0.29) is 24.0 Å². The van der Waals surface area contributed by atoms with Gasteiger partial charge in [-0.15, -0.1) is 35.3 Å². The average Bonchev–Trinajstić information content (AvgIpc) is 3.34. The maximum Gasteiger partial charge on any atom is 0.191 e. The van der Waals surface area contributed by atoms with Crippen molar-refractivity contribution in [2.24, 2.45) is 4.99 Å². The molecule has 3 aromatic rings. The lowest BCUT2D eigenvalue weighted by Crippen LogP contribution is -2.38. The largest absolute Gasteiger partial charge is 0.357 e. The van der Waals surface area contributed by atoms with Gasteiger partial charge in [-0.1, -0.05) is 30.3 Å². The number of guanidine groups is 1. The molecule has 2 N–H and O–H groups in total. The maximum atomic E-state index is 4.72. The molecule has 0 aliphatic carbocycles. The summed E-state index contributed by atoms with van der Waals surface area (Å²) in [6.07, 6.45) is 4.80. The van der Waals surface area contributed by atoms with Gasteiger partial charge < -0.3 is 10.6 Å². The summed E-state index contributed by atoms with van der Waals surface area (Å²) in [6.45, 7) is 5.25. The Balaban J connectivity index is 0.00000261. The predicted molar refractivity (Wildman–Crippen MR) is 124 cm³/mol. The molecule has 0 saturated heterocycles. The van der Waals surface area contributed by atoms with E-state index in [4.69, 9.17) is 4.99 Å². The first-order valence-electron chi connectivity index (χ1n) is 8.93. The molecular weight excluding hydrogens is 469 g/mol. The van der Waals surface area contributed by atoms with Crippen LogP contribution in [0.2, 0.25) is 0 Å². The fourth-order valence-corrected chi connectivity index (χ4v) is 3.39. The molecule has 7 heteroatoms. The van der Waals surface area contributed by atoms with Crippen LogP contribution in [0, 0.1) is 0 Å². The molecule has 0 radical (unpaired) electrons. The van der Waals surface area contributed by atoms with Gasteiger partial charge in [0.05, 0.1) is 13.1 Å². The fourth-order valence-electron chi connectivity index (χ4n) is 2.68. The summed E-state index contributed by atoms with van der Waals surface area (Å²) in [7, 11) is 0. The summed E-state index contributed by atoms with van der Waals surface area (Å²) in [5, 5.41) is 13.1. The van der Waals surface area contributed by atoms with Crippen molar-refractivity contribution in [3.05, 3.63) is 76.2 Å². The van der Waals surface area contributed by atoms with E-state index in [1.165, 1.54) is 16.0 Å². The van der Waals surface area contributed by atoms with Crippen LogP contribution in [0.25, 0.3) is 0 Å². The van der Waals surface area contributed by atoms with Crippen LogP contribution in [0.1, 0.15) is 22.9 Å². The van der Waals surface area contributed by atoms with Crippen LogP contribution in [0.5, 0.6) is 0 Å². The summed E-state index contributed by atoms with van der Waals surface area (Å²) in [4.78, 5) is 6.10. The molecule has 0 saturated carbocycles. The monoisotopic (exact) mass is 495 g/mol. The van der Waals surface area contributed by atoms with Gasteiger partial charge in [0, 0.05) is 30.4 Å². The van der Waals surface area contributed by atoms with Crippen molar-refractivity contribution in [1.29, 1.82) is 0 Å². The number of rotatable bonds is 8. The van der Waals surface area contributed by atoms with E-state index in [0.717, 1.165) is 32.0 Å². The standard InChI is InChI=1S/C20H25N5S.HI/c1-2-21-20(22-11-9-19-8-4-13-26-19)23-15-17-6-3-7-18(14-17)16-25-12-5-10-24-25;/h3-8,10,12-14H,2,9,11,15-16H2,1H3,(H2,21,22,23);1H. The second-order valence-corrected chi connectivity index (χ2v) is 7.01. The van der Waals surface area contributed by atoms with Gasteiger partial charge in [0.15, 0.2) is 5.96 Å². The van der Waals surface area contributed by atoms with Crippen LogP contribution in [0.3, 0.4) is 0 Å². The summed E-state index contributed by atoms with van der Waals surface area (Å²) in [5.74, 6) is 0.863. The van der Waals surface area contributed by atoms with Crippen molar-refractivity contribution < 1.29 is 0 Å². The molecule has 0 unspecified atom stereocenters. The highest BCUT2D eigenvalue weighted by Crippen LogP contribution is 2.09. The van der Waals surface area contributed by atoms with Crippen LogP contribution in [0.15, 0.2) is 65.2 Å². The van der Waals surface area contributed by atoms with Crippen LogP contribution in [-0.4, -0.2) is 28.8 Å². The third-order valence-electron chi connectivity index (χ3n) is 3.90. The zero-order chi connectivity index (χ0) is 18.0. The Labute approximate surface area is 181 Å². The number of benzene rings is 1. The first kappa shape index (κ1) is 21.4. The predicted octanol–water partition coefficient (Wildman–Crippen LogP) is 3.91. The number of nitrogens with zero attached hydrogens (tertiary/aromatic N) is 3. The van der Waals surface area contributed by atoms with Crippen molar-refractivity contribution in [1.82, 2.24) is 20.4 Å². The van der Waals surface area contributed by atoms with Gasteiger partial charge in [-0.3, -0.25) is 4.68 Å². The number of hydrogen-bond acceptors (Lipinski definition) is 3. The Morgan fingerprint density at radius 1 is 1.15 bits per heavy atom. The quantitative estimate of drug-likeness (QED) is 0.283. The molecule has 0 atom stereocenters. The van der Waals surface area contributed by atoms with Crippen LogP contribution < -0.4 is 10.6 Å². The number of halogens is 1. The highest BCUT2D eigenvalue weighted by molar-refractivity contribution is 14.0. The molecule has 5 nitrogen and oxygen atoms in total. The first-order chi connectivity index (χ1) is 12.8. The SMILES string of the molecule is CCNC(=NCc1cccc(Cn2cccn2)c1)NCCc1cccs1.I.